The number of hydrogen-bond donors (Lipinski definition) is 1. The third-order valence-electron chi connectivity index (χ3n) is 4.59. The van der Waals surface area contributed by atoms with Crippen LogP contribution in [0.15, 0.2) is 26.2 Å². The Kier molecular flexibility index (Phi) is 4.68. The van der Waals surface area contributed by atoms with E-state index in [9.17, 15) is 14.4 Å². The molecule has 3 aromatic rings. The minimum Gasteiger partial charge on any atom is -0.339 e. The van der Waals surface area contributed by atoms with Crippen LogP contribution in [0.4, 0.5) is 0 Å². The number of amides is 1. The number of fused-ring (bicyclic) bond motifs is 1. The van der Waals surface area contributed by atoms with E-state index >= 15 is 0 Å². The monoisotopic (exact) mass is 400 g/mol. The Balaban J connectivity index is 1.96. The van der Waals surface area contributed by atoms with Crippen LogP contribution in [0.2, 0.25) is 0 Å². The predicted molar refractivity (Wildman–Crippen MR) is 106 cm³/mol. The molecule has 29 heavy (non-hydrogen) atoms. The van der Waals surface area contributed by atoms with Crippen molar-refractivity contribution >= 4 is 16.9 Å². The van der Waals surface area contributed by atoms with E-state index in [2.05, 4.69) is 20.4 Å². The molecule has 3 aromatic heterocycles. The van der Waals surface area contributed by atoms with Crippen LogP contribution in [-0.4, -0.2) is 30.2 Å². The van der Waals surface area contributed by atoms with Crippen molar-refractivity contribution in [2.75, 3.05) is 0 Å². The van der Waals surface area contributed by atoms with Gasteiger partial charge < -0.3 is 9.84 Å². The third kappa shape index (κ3) is 3.57. The van der Waals surface area contributed by atoms with Crippen molar-refractivity contribution in [1.29, 1.82) is 0 Å². The minimum absolute atomic E-state index is 0.0633. The van der Waals surface area contributed by atoms with Gasteiger partial charge in [0.2, 0.25) is 5.89 Å². The molecule has 3 heterocycles. The summed E-state index contributed by atoms with van der Waals surface area (Å²) in [5.41, 5.74) is -2.04. The van der Waals surface area contributed by atoms with E-state index in [-0.39, 0.29) is 22.1 Å². The Morgan fingerprint density at radius 2 is 1.69 bits per heavy atom. The van der Waals surface area contributed by atoms with Crippen molar-refractivity contribution in [2.24, 2.45) is 14.1 Å². The number of hydrogen-bond acceptors (Lipinski definition) is 7. The Labute approximate surface area is 166 Å². The number of pyridine rings is 1. The predicted octanol–water partition coefficient (Wildman–Crippen LogP) is 0.978. The molecule has 0 radical (unpaired) electrons. The van der Waals surface area contributed by atoms with Gasteiger partial charge in [0.15, 0.2) is 5.82 Å². The quantitative estimate of drug-likeness (QED) is 0.695. The van der Waals surface area contributed by atoms with Crippen molar-refractivity contribution in [3.63, 3.8) is 0 Å². The normalized spacial score (nSPS) is 12.4. The summed E-state index contributed by atoms with van der Waals surface area (Å²) in [4.78, 5) is 45.8. The first-order chi connectivity index (χ1) is 13.3. The average molecular weight is 400 g/mol. The molecule has 3 rings (SSSR count). The van der Waals surface area contributed by atoms with Crippen LogP contribution in [0.25, 0.3) is 11.0 Å². The number of aryl methyl sites for hydroxylation is 1. The van der Waals surface area contributed by atoms with Crippen LogP contribution in [0.5, 0.6) is 0 Å². The maximum atomic E-state index is 12.8. The molecule has 1 N–H and O–H groups in total. The van der Waals surface area contributed by atoms with Crippen LogP contribution in [0, 0.1) is 0 Å². The first-order valence-electron chi connectivity index (χ1n) is 9.07. The van der Waals surface area contributed by atoms with Gasteiger partial charge in [-0.05, 0) is 26.0 Å². The number of carbonyl (C=O) groups excluding carboxylic acids is 1. The summed E-state index contributed by atoms with van der Waals surface area (Å²) in [5, 5.41) is 7.06. The fourth-order valence-electron chi connectivity index (χ4n) is 2.77. The van der Waals surface area contributed by atoms with Crippen molar-refractivity contribution in [1.82, 2.24) is 29.6 Å². The van der Waals surface area contributed by atoms with E-state index in [1.807, 2.05) is 20.8 Å². The Hall–Kier alpha value is -3.30. The van der Waals surface area contributed by atoms with Gasteiger partial charge in [-0.15, -0.1) is 0 Å². The summed E-state index contributed by atoms with van der Waals surface area (Å²) >= 11 is 0. The molecule has 10 nitrogen and oxygen atoms in total. The summed E-state index contributed by atoms with van der Waals surface area (Å²) in [6, 6.07) is 2.93. The molecule has 0 spiro atoms. The van der Waals surface area contributed by atoms with Crippen LogP contribution >= 0.6 is 0 Å². The van der Waals surface area contributed by atoms with E-state index in [0.717, 1.165) is 4.57 Å². The molecule has 1 amide bonds. The highest BCUT2D eigenvalue weighted by molar-refractivity contribution is 5.94. The number of carbonyl (C=O) groups is 1. The van der Waals surface area contributed by atoms with Crippen molar-refractivity contribution in [3.05, 3.63) is 50.4 Å². The maximum absolute atomic E-state index is 12.8. The van der Waals surface area contributed by atoms with E-state index < -0.39 is 22.7 Å². The molecule has 0 aliphatic carbocycles. The summed E-state index contributed by atoms with van der Waals surface area (Å²) < 4.78 is 7.54. The fourth-order valence-corrected chi connectivity index (χ4v) is 2.77. The molecular weight excluding hydrogens is 376 g/mol. The molecule has 0 aliphatic rings. The van der Waals surface area contributed by atoms with E-state index in [0.29, 0.717) is 11.7 Å². The van der Waals surface area contributed by atoms with Crippen LogP contribution in [0.3, 0.4) is 0 Å². The average Bonchev–Trinajstić information content (AvgIpc) is 3.15. The Bertz CT molecular complexity index is 1230. The molecule has 0 aliphatic heterocycles. The molecule has 0 aromatic carbocycles. The molecule has 0 unspecified atom stereocenters. The Morgan fingerprint density at radius 3 is 2.28 bits per heavy atom. The number of nitrogens with zero attached hydrogens (tertiary/aromatic N) is 5. The lowest BCUT2D eigenvalue weighted by Gasteiger charge is -2.22. The lowest BCUT2D eigenvalue weighted by atomic mass is 9.97. The highest BCUT2D eigenvalue weighted by atomic mass is 16.5. The first-order valence-corrected chi connectivity index (χ1v) is 9.07. The zero-order valence-electron chi connectivity index (χ0n) is 17.5. The van der Waals surface area contributed by atoms with Gasteiger partial charge in [0.25, 0.3) is 11.5 Å². The van der Waals surface area contributed by atoms with Gasteiger partial charge in [-0.2, -0.15) is 4.98 Å². The van der Waals surface area contributed by atoms with Gasteiger partial charge in [-0.3, -0.25) is 18.7 Å². The molecule has 154 valence electrons. The lowest BCUT2D eigenvalue weighted by molar-refractivity contribution is 0.0902. The van der Waals surface area contributed by atoms with Gasteiger partial charge >= 0.3 is 5.69 Å². The van der Waals surface area contributed by atoms with E-state index in [1.54, 1.807) is 13.8 Å². The fraction of sp³-hybridized carbons (Fsp3) is 0.474. The van der Waals surface area contributed by atoms with Gasteiger partial charge in [0.1, 0.15) is 11.3 Å². The van der Waals surface area contributed by atoms with E-state index in [1.165, 1.54) is 30.8 Å². The van der Waals surface area contributed by atoms with Crippen molar-refractivity contribution in [3.8, 4) is 0 Å². The second kappa shape index (κ2) is 6.64. The zero-order valence-corrected chi connectivity index (χ0v) is 17.5. The minimum atomic E-state index is -0.931. The second-order valence-electron chi connectivity index (χ2n) is 8.53. The van der Waals surface area contributed by atoms with Crippen LogP contribution in [-0.2, 0) is 25.0 Å². The molecule has 0 saturated carbocycles. The topological polar surface area (TPSA) is 125 Å². The molecule has 0 fully saturated rings. The molecule has 0 atom stereocenters. The largest absolute Gasteiger partial charge is 0.339 e. The van der Waals surface area contributed by atoms with Crippen molar-refractivity contribution < 1.29 is 9.32 Å². The van der Waals surface area contributed by atoms with Gasteiger partial charge in [0.05, 0.1) is 10.9 Å². The summed E-state index contributed by atoms with van der Waals surface area (Å²) in [5.74, 6) is 0.300. The van der Waals surface area contributed by atoms with Gasteiger partial charge in [-0.1, -0.05) is 25.9 Å². The van der Waals surface area contributed by atoms with Crippen LogP contribution in [0.1, 0.15) is 56.8 Å². The Morgan fingerprint density at radius 1 is 1.03 bits per heavy atom. The SMILES string of the molecule is Cn1c(=O)c2ccc(C(=O)NC(C)(C)c3noc(C(C)(C)C)n3)nc2n(C)c1=O. The third-order valence-corrected chi connectivity index (χ3v) is 4.59. The standard InChI is InChI=1S/C19H24N6O4/c1-18(2,3)16-21-15(23-29-16)19(4,5)22-13(26)11-9-8-10-12(20-11)24(6)17(28)25(7)14(10)27/h8-9H,1-7H3,(H,22,26). The number of aromatic nitrogens is 5. The first kappa shape index (κ1) is 20.4. The zero-order chi connectivity index (χ0) is 21.7. The highest BCUT2D eigenvalue weighted by Gasteiger charge is 2.32. The highest BCUT2D eigenvalue weighted by Crippen LogP contribution is 2.24. The molecular formula is C19H24N6O4. The number of nitrogens with one attached hydrogen (secondary N) is 1. The number of rotatable bonds is 3. The summed E-state index contributed by atoms with van der Waals surface area (Å²) in [7, 11) is 2.89. The molecule has 0 saturated heterocycles. The van der Waals surface area contributed by atoms with Gasteiger partial charge in [-0.25, -0.2) is 9.78 Å². The molecule has 0 bridgehead atoms. The smallest absolute Gasteiger partial charge is 0.332 e. The maximum Gasteiger partial charge on any atom is 0.332 e. The molecule has 10 heteroatoms. The van der Waals surface area contributed by atoms with Crippen molar-refractivity contribution in [2.45, 2.75) is 45.6 Å². The second-order valence-corrected chi connectivity index (χ2v) is 8.53. The van der Waals surface area contributed by atoms with Gasteiger partial charge in [0, 0.05) is 19.5 Å². The van der Waals surface area contributed by atoms with Crippen LogP contribution < -0.4 is 16.6 Å². The lowest BCUT2D eigenvalue weighted by Crippen LogP contribution is -2.42. The summed E-state index contributed by atoms with van der Waals surface area (Å²) in [6.45, 7) is 9.33. The van der Waals surface area contributed by atoms with E-state index in [4.69, 9.17) is 4.52 Å². The summed E-state index contributed by atoms with van der Waals surface area (Å²) in [6.07, 6.45) is 0.